The van der Waals surface area contributed by atoms with Crippen molar-refractivity contribution < 1.29 is 18.3 Å². The van der Waals surface area contributed by atoms with Gasteiger partial charge in [0.05, 0.1) is 6.61 Å². The summed E-state index contributed by atoms with van der Waals surface area (Å²) in [7, 11) is 0. The van der Waals surface area contributed by atoms with Crippen LogP contribution in [-0.4, -0.2) is 48.8 Å². The maximum absolute atomic E-state index is 14.6. The smallest absolute Gasteiger partial charge is 0.251 e. The predicted octanol–water partition coefficient (Wildman–Crippen LogP) is 4.81. The maximum atomic E-state index is 14.6. The van der Waals surface area contributed by atoms with Crippen LogP contribution in [0.4, 0.5) is 14.5 Å². The van der Waals surface area contributed by atoms with Crippen molar-refractivity contribution in [3.05, 3.63) is 76.1 Å². The van der Waals surface area contributed by atoms with Crippen molar-refractivity contribution >= 4 is 17.3 Å². The summed E-state index contributed by atoms with van der Waals surface area (Å²) in [4.78, 5) is 15.2. The van der Waals surface area contributed by atoms with Gasteiger partial charge in [-0.15, -0.1) is 0 Å². The molecule has 4 atom stereocenters. The van der Waals surface area contributed by atoms with Gasteiger partial charge in [-0.1, -0.05) is 6.08 Å². The van der Waals surface area contributed by atoms with Crippen molar-refractivity contribution in [2.24, 2.45) is 17.8 Å². The highest BCUT2D eigenvalue weighted by Gasteiger charge is 2.44. The van der Waals surface area contributed by atoms with Crippen LogP contribution in [0.5, 0.6) is 0 Å². The molecule has 37 heavy (non-hydrogen) atoms. The molecule has 0 spiro atoms. The van der Waals surface area contributed by atoms with Crippen LogP contribution < -0.4 is 11.1 Å². The maximum Gasteiger partial charge on any atom is 0.251 e. The van der Waals surface area contributed by atoms with E-state index in [9.17, 15) is 13.6 Å². The Balaban J connectivity index is 1.11. The lowest BCUT2D eigenvalue weighted by Crippen LogP contribution is -2.48. The summed E-state index contributed by atoms with van der Waals surface area (Å²) in [5.74, 6) is -0.253. The van der Waals surface area contributed by atoms with Crippen molar-refractivity contribution in [1.29, 1.82) is 5.41 Å². The number of ether oxygens (including phenoxy) is 1. The monoisotopic (exact) mass is 506 g/mol. The summed E-state index contributed by atoms with van der Waals surface area (Å²) in [6.45, 7) is 2.18. The molecule has 3 unspecified atom stereocenters. The van der Waals surface area contributed by atoms with Gasteiger partial charge in [0.1, 0.15) is 17.4 Å². The lowest BCUT2D eigenvalue weighted by Gasteiger charge is -2.34. The minimum absolute atomic E-state index is 0.0313. The zero-order chi connectivity index (χ0) is 25.7. The average molecular weight is 507 g/mol. The first-order chi connectivity index (χ1) is 17.9. The fraction of sp³-hybridized carbons (Fsp3) is 0.448. The second-order valence-electron chi connectivity index (χ2n) is 10.8. The molecule has 4 N–H and O–H groups in total. The Bertz CT molecular complexity index is 1280. The number of nitrogens with two attached hydrogens (primary N) is 1. The topological polar surface area (TPSA) is 91.4 Å². The van der Waals surface area contributed by atoms with Crippen LogP contribution in [0.1, 0.15) is 48.0 Å². The molecule has 1 aromatic rings. The van der Waals surface area contributed by atoms with Gasteiger partial charge in [-0.25, -0.2) is 8.78 Å². The summed E-state index contributed by atoms with van der Waals surface area (Å²) in [5.41, 5.74) is 9.40. The third-order valence-electron chi connectivity index (χ3n) is 8.21. The highest BCUT2D eigenvalue weighted by molar-refractivity contribution is 6.07. The molecule has 6 rings (SSSR count). The number of likely N-dealkylation sites (tertiary alicyclic amines) is 1. The predicted molar refractivity (Wildman–Crippen MR) is 138 cm³/mol. The summed E-state index contributed by atoms with van der Waals surface area (Å²) < 4.78 is 34.6. The van der Waals surface area contributed by atoms with Crippen molar-refractivity contribution in [3.63, 3.8) is 0 Å². The van der Waals surface area contributed by atoms with Crippen molar-refractivity contribution in [2.45, 2.75) is 38.1 Å². The van der Waals surface area contributed by atoms with E-state index in [4.69, 9.17) is 15.9 Å². The fourth-order valence-corrected chi connectivity index (χ4v) is 6.00. The Kier molecular flexibility index (Phi) is 6.23. The molecular weight excluding hydrogens is 474 g/mol. The number of carbonyl (C=O) groups is 1. The SMILES string of the molecule is N=C(c1cc(C(=O)N[C@@H]2CCCN(CC3=C(F)C4CC4C=C3F)C2)ccc1N)C1C=C2CCOC2=CC1. The quantitative estimate of drug-likeness (QED) is 0.382. The second kappa shape index (κ2) is 9.56. The lowest BCUT2D eigenvalue weighted by molar-refractivity contribution is 0.0906. The van der Waals surface area contributed by atoms with E-state index < -0.39 is 5.83 Å². The van der Waals surface area contributed by atoms with Crippen LogP contribution in [-0.2, 0) is 4.74 Å². The number of fused-ring (bicyclic) bond motifs is 2. The van der Waals surface area contributed by atoms with Crippen LogP contribution in [0, 0.1) is 23.2 Å². The molecular formula is C29H32F2N4O2. The summed E-state index contributed by atoms with van der Waals surface area (Å²) in [5, 5.41) is 11.9. The number of nitrogens with one attached hydrogen (secondary N) is 2. The zero-order valence-corrected chi connectivity index (χ0v) is 20.7. The first kappa shape index (κ1) is 24.1. The number of anilines is 1. The molecule has 0 radical (unpaired) electrons. The number of halogens is 2. The lowest BCUT2D eigenvalue weighted by atomic mass is 9.86. The van der Waals surface area contributed by atoms with Gasteiger partial charge in [0.25, 0.3) is 5.91 Å². The van der Waals surface area contributed by atoms with E-state index in [1.807, 2.05) is 11.0 Å². The van der Waals surface area contributed by atoms with E-state index in [1.54, 1.807) is 24.3 Å². The molecule has 2 heterocycles. The van der Waals surface area contributed by atoms with Crippen molar-refractivity contribution in [2.75, 3.05) is 32.0 Å². The summed E-state index contributed by atoms with van der Waals surface area (Å²) in [6.07, 6.45) is 9.53. The van der Waals surface area contributed by atoms with Gasteiger partial charge in [-0.2, -0.15) is 0 Å². The standard InChI is InChI=1S/C29H32F2N4O2/c30-24-13-19-12-21(19)27(31)23(24)15-35-8-1-2-20(14-35)34-29(36)18-3-5-25(32)22(11-18)28(33)17-4-6-26-16(10-17)7-9-37-26/h3,5-6,10-11,13,17,19-21,33H,1-2,4,7-9,12,14-15,32H2,(H,34,36)/t17?,19?,20-,21?/m1/s1. The average Bonchev–Trinajstić information content (AvgIpc) is 3.51. The zero-order valence-electron chi connectivity index (χ0n) is 20.7. The van der Waals surface area contributed by atoms with E-state index in [1.165, 1.54) is 0 Å². The number of piperidine rings is 1. The molecule has 1 aromatic carbocycles. The molecule has 5 aliphatic rings. The molecule has 2 saturated heterocycles. The largest absolute Gasteiger partial charge is 0.493 e. The van der Waals surface area contributed by atoms with Gasteiger partial charge in [-0.3, -0.25) is 9.69 Å². The van der Waals surface area contributed by atoms with Gasteiger partial charge in [0.15, 0.2) is 0 Å². The Hall–Kier alpha value is -3.26. The minimum atomic E-state index is -0.431. The number of nitrogen functional groups attached to an aromatic ring is 1. The molecule has 3 aliphatic carbocycles. The number of hydrogen-bond acceptors (Lipinski definition) is 5. The third-order valence-corrected chi connectivity index (χ3v) is 8.21. The number of hydrogen-bond donors (Lipinski definition) is 3. The van der Waals surface area contributed by atoms with Crippen LogP contribution in [0.2, 0.25) is 0 Å². The molecule has 8 heteroatoms. The Labute approximate surface area is 215 Å². The third kappa shape index (κ3) is 4.75. The summed E-state index contributed by atoms with van der Waals surface area (Å²) in [6, 6.07) is 4.94. The van der Waals surface area contributed by atoms with Crippen molar-refractivity contribution in [1.82, 2.24) is 10.2 Å². The molecule has 6 nitrogen and oxygen atoms in total. The first-order valence-electron chi connectivity index (χ1n) is 13.2. The molecule has 2 aliphatic heterocycles. The molecule has 1 amide bonds. The van der Waals surface area contributed by atoms with E-state index in [2.05, 4.69) is 11.4 Å². The highest BCUT2D eigenvalue weighted by atomic mass is 19.1. The number of allylic oxidation sites excluding steroid dienone is 5. The number of amides is 1. The van der Waals surface area contributed by atoms with Crippen LogP contribution >= 0.6 is 0 Å². The number of nitrogens with zero attached hydrogens (tertiary/aromatic N) is 1. The Morgan fingerprint density at radius 1 is 1.27 bits per heavy atom. The van der Waals surface area contributed by atoms with E-state index in [0.29, 0.717) is 48.5 Å². The van der Waals surface area contributed by atoms with Gasteiger partial charge in [-0.05, 0) is 74.1 Å². The summed E-state index contributed by atoms with van der Waals surface area (Å²) >= 11 is 0. The number of carbonyl (C=O) groups excluding carboxylic acids is 1. The van der Waals surface area contributed by atoms with Gasteiger partial charge in [0.2, 0.25) is 0 Å². The molecule has 3 fully saturated rings. The first-order valence-corrected chi connectivity index (χ1v) is 13.2. The van der Waals surface area contributed by atoms with E-state index >= 15 is 0 Å². The van der Waals surface area contributed by atoms with Gasteiger partial charge in [0, 0.05) is 65.5 Å². The van der Waals surface area contributed by atoms with Crippen LogP contribution in [0.3, 0.4) is 0 Å². The van der Waals surface area contributed by atoms with E-state index in [0.717, 1.165) is 37.1 Å². The fourth-order valence-electron chi connectivity index (χ4n) is 6.00. The number of benzene rings is 1. The molecule has 0 aromatic heterocycles. The molecule has 1 saturated carbocycles. The second-order valence-corrected chi connectivity index (χ2v) is 10.8. The molecule has 194 valence electrons. The van der Waals surface area contributed by atoms with E-state index in [-0.39, 0.29) is 47.6 Å². The number of rotatable bonds is 6. The van der Waals surface area contributed by atoms with Gasteiger partial charge < -0.3 is 21.2 Å². The van der Waals surface area contributed by atoms with Crippen LogP contribution in [0.25, 0.3) is 0 Å². The Morgan fingerprint density at radius 3 is 3.00 bits per heavy atom. The Morgan fingerprint density at radius 2 is 2.14 bits per heavy atom. The highest BCUT2D eigenvalue weighted by Crippen LogP contribution is 2.51. The minimum Gasteiger partial charge on any atom is -0.493 e. The van der Waals surface area contributed by atoms with Gasteiger partial charge >= 0.3 is 0 Å². The van der Waals surface area contributed by atoms with Crippen molar-refractivity contribution in [3.8, 4) is 0 Å². The van der Waals surface area contributed by atoms with Crippen LogP contribution in [0.15, 0.2) is 65.0 Å². The normalized spacial score (nSPS) is 28.9. The molecule has 0 bridgehead atoms.